The molecular formula is C28H36N10O6S. The van der Waals surface area contributed by atoms with E-state index in [2.05, 4.69) is 30.3 Å². The summed E-state index contributed by atoms with van der Waals surface area (Å²) in [6.07, 6.45) is 2.95. The molecule has 0 saturated heterocycles. The van der Waals surface area contributed by atoms with Crippen molar-refractivity contribution in [2.75, 3.05) is 13.1 Å². The third kappa shape index (κ3) is 12.1. The lowest BCUT2D eigenvalue weighted by atomic mass is 10.1. The fraction of sp³-hybridized carbons (Fsp3) is 0.286. The van der Waals surface area contributed by atoms with Gasteiger partial charge in [0.05, 0.1) is 30.2 Å². The van der Waals surface area contributed by atoms with Gasteiger partial charge in [-0.15, -0.1) is 0 Å². The number of sulfonamides is 1. The molecule has 240 valence electrons. The zero-order chi connectivity index (χ0) is 32.8. The number of amides is 2. The lowest BCUT2D eigenvalue weighted by molar-refractivity contribution is -0.127. The van der Waals surface area contributed by atoms with Crippen molar-refractivity contribution in [3.05, 3.63) is 84.1 Å². The number of oxazole rings is 1. The average molecular weight is 641 g/mol. The highest BCUT2D eigenvalue weighted by molar-refractivity contribution is 7.88. The Morgan fingerprint density at radius 2 is 1.62 bits per heavy atom. The fourth-order valence-corrected chi connectivity index (χ4v) is 5.47. The Balaban J connectivity index is 1.71. The number of hydrogen-bond acceptors (Lipinski definition) is 9. The van der Waals surface area contributed by atoms with E-state index in [9.17, 15) is 22.8 Å². The van der Waals surface area contributed by atoms with Crippen LogP contribution in [0.1, 0.15) is 34.7 Å². The van der Waals surface area contributed by atoms with Crippen molar-refractivity contribution in [1.82, 2.24) is 20.3 Å². The van der Waals surface area contributed by atoms with Gasteiger partial charge < -0.3 is 38.0 Å². The molecule has 0 aliphatic carbocycles. The minimum Gasteiger partial charge on any atom is -0.442 e. The maximum Gasteiger partial charge on any atom is 0.265 e. The van der Waals surface area contributed by atoms with Crippen molar-refractivity contribution in [3.63, 3.8) is 0 Å². The monoisotopic (exact) mass is 640 g/mol. The van der Waals surface area contributed by atoms with Gasteiger partial charge in [0.15, 0.2) is 11.9 Å². The van der Waals surface area contributed by atoms with Crippen LogP contribution in [0.2, 0.25) is 0 Å². The van der Waals surface area contributed by atoms with Gasteiger partial charge in [-0.25, -0.2) is 23.1 Å². The van der Waals surface area contributed by atoms with Crippen LogP contribution < -0.4 is 38.3 Å². The Kier molecular flexibility index (Phi) is 12.6. The standard InChI is InChI=1S/C28H36N10O6S/c29-27(30)34-12-4-7-21(24(40)26-33-13-14-44-26)37-23(39)16-35-25(41)22(15-18-8-10-20(11-9-18)36-28(31)32)38-45(42,43)17-19-5-2-1-3-6-19/h1-3,5-6,8-11,13-14,21-22,38H,4,7,12,15-17H2,(H,35,41)(H,37,39)(H4,29,30,34)(H4,31,32,36)/t21-,22+/m0/s1. The Labute approximate surface area is 259 Å². The van der Waals surface area contributed by atoms with Gasteiger partial charge in [-0.3, -0.25) is 19.4 Å². The predicted octanol–water partition coefficient (Wildman–Crippen LogP) is -0.852. The van der Waals surface area contributed by atoms with Crippen LogP contribution in [0, 0.1) is 0 Å². The van der Waals surface area contributed by atoms with Crippen LogP contribution in [0.15, 0.2) is 81.5 Å². The third-order valence-corrected chi connectivity index (χ3v) is 7.49. The molecule has 3 rings (SSSR count). The number of carbonyl (C=O) groups excluding carboxylic acids is 3. The number of ketones is 1. The Morgan fingerprint density at radius 3 is 2.24 bits per heavy atom. The average Bonchev–Trinajstić information content (AvgIpc) is 3.53. The molecule has 17 heteroatoms. The summed E-state index contributed by atoms with van der Waals surface area (Å²) in [5, 5.41) is 5.00. The van der Waals surface area contributed by atoms with Crippen molar-refractivity contribution in [3.8, 4) is 0 Å². The molecular weight excluding hydrogens is 604 g/mol. The van der Waals surface area contributed by atoms with Crippen LogP contribution in [0.25, 0.3) is 0 Å². The van der Waals surface area contributed by atoms with Gasteiger partial charge in [0.1, 0.15) is 12.3 Å². The van der Waals surface area contributed by atoms with Crippen LogP contribution in [0.3, 0.4) is 0 Å². The number of guanidine groups is 2. The molecule has 16 nitrogen and oxygen atoms in total. The summed E-state index contributed by atoms with van der Waals surface area (Å²) in [4.78, 5) is 50.6. The maximum absolute atomic E-state index is 13.3. The fourth-order valence-electron chi connectivity index (χ4n) is 4.13. The number of nitrogens with one attached hydrogen (secondary N) is 3. The Morgan fingerprint density at radius 1 is 0.911 bits per heavy atom. The first kappa shape index (κ1) is 34.2. The molecule has 2 amide bonds. The number of rotatable bonds is 17. The smallest absolute Gasteiger partial charge is 0.265 e. The molecule has 1 aromatic heterocycles. The number of nitrogens with two attached hydrogens (primary N) is 4. The molecule has 0 saturated carbocycles. The first-order chi connectivity index (χ1) is 21.4. The molecule has 0 unspecified atom stereocenters. The molecule has 0 aliphatic heterocycles. The number of benzene rings is 2. The number of carbonyl (C=O) groups is 3. The second-order valence-corrected chi connectivity index (χ2v) is 11.6. The maximum atomic E-state index is 13.3. The molecule has 0 bridgehead atoms. The molecule has 3 aromatic rings. The van der Waals surface area contributed by atoms with Crippen molar-refractivity contribution >= 4 is 45.2 Å². The van der Waals surface area contributed by atoms with Crippen LogP contribution in [0.4, 0.5) is 5.69 Å². The number of hydrogen-bond donors (Lipinski definition) is 7. The third-order valence-electron chi connectivity index (χ3n) is 6.14. The quantitative estimate of drug-likeness (QED) is 0.0413. The molecule has 1 heterocycles. The molecule has 0 aliphatic rings. The van der Waals surface area contributed by atoms with E-state index in [0.717, 1.165) is 0 Å². The summed E-state index contributed by atoms with van der Waals surface area (Å²) in [6.45, 7) is -0.343. The summed E-state index contributed by atoms with van der Waals surface area (Å²) in [5.41, 5.74) is 23.1. The number of aromatic nitrogens is 1. The van der Waals surface area contributed by atoms with E-state index in [-0.39, 0.29) is 42.9 Å². The molecule has 2 aromatic carbocycles. The summed E-state index contributed by atoms with van der Waals surface area (Å²) >= 11 is 0. The zero-order valence-electron chi connectivity index (χ0n) is 24.3. The van der Waals surface area contributed by atoms with Gasteiger partial charge in [-0.05, 0) is 42.5 Å². The Hall–Kier alpha value is -5.29. The minimum atomic E-state index is -3.99. The van der Waals surface area contributed by atoms with Crippen molar-refractivity contribution in [1.29, 1.82) is 0 Å². The largest absolute Gasteiger partial charge is 0.442 e. The predicted molar refractivity (Wildman–Crippen MR) is 167 cm³/mol. The SMILES string of the molecule is NC(N)=NCCC[C@H](NC(=O)CNC(=O)[C@@H](Cc1ccc(N=C(N)N)cc1)NS(=O)(=O)Cc1ccccc1)C(=O)c1ncco1. The van der Waals surface area contributed by atoms with Crippen LogP contribution in [0.5, 0.6) is 0 Å². The summed E-state index contributed by atoms with van der Waals surface area (Å²) in [5.74, 6) is -2.88. The molecule has 0 fully saturated rings. The van der Waals surface area contributed by atoms with E-state index in [1.807, 2.05) is 0 Å². The molecule has 45 heavy (non-hydrogen) atoms. The van der Waals surface area contributed by atoms with E-state index in [0.29, 0.717) is 23.2 Å². The number of nitrogens with zero attached hydrogens (tertiary/aromatic N) is 3. The lowest BCUT2D eigenvalue weighted by Gasteiger charge is -2.20. The highest BCUT2D eigenvalue weighted by Gasteiger charge is 2.28. The van der Waals surface area contributed by atoms with E-state index in [1.54, 1.807) is 54.6 Å². The first-order valence-corrected chi connectivity index (χ1v) is 15.4. The number of Topliss-reactive ketones (excluding diaryl/α,β-unsaturated/α-hetero) is 1. The molecule has 11 N–H and O–H groups in total. The highest BCUT2D eigenvalue weighted by atomic mass is 32.2. The summed E-state index contributed by atoms with van der Waals surface area (Å²) < 4.78 is 33.6. The van der Waals surface area contributed by atoms with Crippen LogP contribution in [-0.4, -0.2) is 68.1 Å². The minimum absolute atomic E-state index is 0.0559. The van der Waals surface area contributed by atoms with Gasteiger partial charge in [0.2, 0.25) is 27.6 Å². The van der Waals surface area contributed by atoms with Crippen molar-refractivity contribution < 1.29 is 27.2 Å². The van der Waals surface area contributed by atoms with Crippen molar-refractivity contribution in [2.24, 2.45) is 32.9 Å². The van der Waals surface area contributed by atoms with E-state index < -0.39 is 46.2 Å². The van der Waals surface area contributed by atoms with Crippen LogP contribution >= 0.6 is 0 Å². The second kappa shape index (κ2) is 16.5. The van der Waals surface area contributed by atoms with Gasteiger partial charge in [0.25, 0.3) is 5.89 Å². The van der Waals surface area contributed by atoms with Crippen molar-refractivity contribution in [2.45, 2.75) is 37.1 Å². The molecule has 0 spiro atoms. The first-order valence-electron chi connectivity index (χ1n) is 13.7. The zero-order valence-corrected chi connectivity index (χ0v) is 25.1. The topological polar surface area (TPSA) is 276 Å². The Bertz CT molecular complexity index is 1590. The summed E-state index contributed by atoms with van der Waals surface area (Å²) in [6, 6.07) is 12.6. The van der Waals surface area contributed by atoms with E-state index in [1.165, 1.54) is 12.5 Å². The van der Waals surface area contributed by atoms with Gasteiger partial charge in [-0.2, -0.15) is 0 Å². The van der Waals surface area contributed by atoms with Gasteiger partial charge >= 0.3 is 0 Å². The molecule has 0 radical (unpaired) electrons. The van der Waals surface area contributed by atoms with Gasteiger partial charge in [0, 0.05) is 6.54 Å². The lowest BCUT2D eigenvalue weighted by Crippen LogP contribution is -2.51. The normalized spacial score (nSPS) is 12.4. The van der Waals surface area contributed by atoms with E-state index in [4.69, 9.17) is 27.4 Å². The van der Waals surface area contributed by atoms with Gasteiger partial charge in [-0.1, -0.05) is 42.5 Å². The van der Waals surface area contributed by atoms with E-state index >= 15 is 0 Å². The van der Waals surface area contributed by atoms with Crippen LogP contribution in [-0.2, 0) is 31.8 Å². The summed E-state index contributed by atoms with van der Waals surface area (Å²) in [7, 11) is -3.99. The number of aliphatic imine (C=N–C) groups is 2. The second-order valence-electron chi connectivity index (χ2n) is 9.81. The highest BCUT2D eigenvalue weighted by Crippen LogP contribution is 2.15. The molecule has 2 atom stereocenters.